The first kappa shape index (κ1) is 15.0. The molecule has 0 spiro atoms. The van der Waals surface area contributed by atoms with Crippen molar-refractivity contribution in [3.05, 3.63) is 57.1 Å². The number of H-pyrrole nitrogens is 1. The highest BCUT2D eigenvalue weighted by molar-refractivity contribution is 6.31. The topological polar surface area (TPSA) is 101 Å². The zero-order chi connectivity index (χ0) is 15.2. The van der Waals surface area contributed by atoms with E-state index in [1.54, 1.807) is 12.4 Å². The minimum atomic E-state index is -0.621. The van der Waals surface area contributed by atoms with E-state index in [9.17, 15) is 14.9 Å². The van der Waals surface area contributed by atoms with Gasteiger partial charge >= 0.3 is 0 Å². The highest BCUT2D eigenvalue weighted by atomic mass is 35.5. The van der Waals surface area contributed by atoms with E-state index >= 15 is 0 Å². The summed E-state index contributed by atoms with van der Waals surface area (Å²) >= 11 is 5.70. The molecule has 1 aromatic carbocycles. The molecular weight excluding hydrogens is 296 g/mol. The van der Waals surface area contributed by atoms with Gasteiger partial charge in [0, 0.05) is 36.4 Å². The molecule has 0 fully saturated rings. The molecule has 0 radical (unpaired) electrons. The number of nitro groups is 1. The summed E-state index contributed by atoms with van der Waals surface area (Å²) in [5, 5.41) is 13.8. The molecule has 0 aliphatic rings. The number of nitrogens with zero attached hydrogens (tertiary/aromatic N) is 2. The number of nitrogens with one attached hydrogen (secondary N) is 2. The van der Waals surface area contributed by atoms with Gasteiger partial charge in [-0.15, -0.1) is 0 Å². The van der Waals surface area contributed by atoms with Crippen molar-refractivity contribution in [2.75, 3.05) is 6.54 Å². The van der Waals surface area contributed by atoms with Crippen molar-refractivity contribution in [3.63, 3.8) is 0 Å². The second kappa shape index (κ2) is 6.85. The fourth-order valence-electron chi connectivity index (χ4n) is 1.84. The number of aromatic amines is 1. The molecule has 0 saturated heterocycles. The highest BCUT2D eigenvalue weighted by Crippen LogP contribution is 2.23. The number of halogens is 1. The van der Waals surface area contributed by atoms with Gasteiger partial charge in [-0.1, -0.05) is 11.6 Å². The molecule has 0 aliphatic heterocycles. The fourth-order valence-corrected chi connectivity index (χ4v) is 2.00. The van der Waals surface area contributed by atoms with E-state index in [0.29, 0.717) is 19.4 Å². The normalized spacial score (nSPS) is 10.3. The number of carbonyl (C=O) groups is 1. The zero-order valence-corrected chi connectivity index (χ0v) is 11.8. The molecule has 21 heavy (non-hydrogen) atoms. The van der Waals surface area contributed by atoms with Gasteiger partial charge in [-0.25, -0.2) is 4.98 Å². The first-order chi connectivity index (χ1) is 10.1. The molecule has 2 N–H and O–H groups in total. The SMILES string of the molecule is O=C(NCCCc1ncc[nH]1)c1ccc(Cl)cc1[N+](=O)[O-]. The summed E-state index contributed by atoms with van der Waals surface area (Å²) in [6.45, 7) is 0.402. The van der Waals surface area contributed by atoms with Gasteiger partial charge in [-0.05, 0) is 18.6 Å². The van der Waals surface area contributed by atoms with Crippen molar-refractivity contribution in [2.24, 2.45) is 0 Å². The molecule has 0 saturated carbocycles. The van der Waals surface area contributed by atoms with E-state index in [4.69, 9.17) is 11.6 Å². The molecule has 8 heteroatoms. The summed E-state index contributed by atoms with van der Waals surface area (Å²) < 4.78 is 0. The molecule has 1 amide bonds. The predicted octanol–water partition coefficient (Wildman–Crippen LogP) is 2.33. The van der Waals surface area contributed by atoms with Crippen LogP contribution in [0.1, 0.15) is 22.6 Å². The van der Waals surface area contributed by atoms with E-state index in [1.807, 2.05) is 0 Å². The van der Waals surface area contributed by atoms with Crippen LogP contribution in [0.15, 0.2) is 30.6 Å². The average Bonchev–Trinajstić information content (AvgIpc) is 2.96. The van der Waals surface area contributed by atoms with Crippen LogP contribution in [0, 0.1) is 10.1 Å². The summed E-state index contributed by atoms with van der Waals surface area (Å²) in [5.74, 6) is 0.347. The van der Waals surface area contributed by atoms with Gasteiger partial charge in [0.05, 0.1) is 4.92 Å². The molecule has 2 aromatic rings. The maximum atomic E-state index is 12.0. The molecule has 1 aromatic heterocycles. The standard InChI is InChI=1S/C13H13ClN4O3/c14-9-3-4-10(11(8-9)18(20)21)13(19)17-5-1-2-12-15-6-7-16-12/h3-4,6-8H,1-2,5H2,(H,15,16)(H,17,19). The Morgan fingerprint density at radius 2 is 2.29 bits per heavy atom. The van der Waals surface area contributed by atoms with Gasteiger partial charge < -0.3 is 10.3 Å². The van der Waals surface area contributed by atoms with Crippen molar-refractivity contribution < 1.29 is 9.72 Å². The van der Waals surface area contributed by atoms with E-state index in [2.05, 4.69) is 15.3 Å². The van der Waals surface area contributed by atoms with Crippen LogP contribution < -0.4 is 5.32 Å². The Bertz CT molecular complexity index is 643. The Balaban J connectivity index is 1.92. The largest absolute Gasteiger partial charge is 0.352 e. The van der Waals surface area contributed by atoms with E-state index in [-0.39, 0.29) is 16.3 Å². The molecule has 110 valence electrons. The number of aromatic nitrogens is 2. The van der Waals surface area contributed by atoms with Crippen LogP contribution in [0.5, 0.6) is 0 Å². The fraction of sp³-hybridized carbons (Fsp3) is 0.231. The summed E-state index contributed by atoms with van der Waals surface area (Å²) in [6, 6.07) is 3.97. The molecule has 7 nitrogen and oxygen atoms in total. The molecule has 0 unspecified atom stereocenters. The van der Waals surface area contributed by atoms with Crippen LogP contribution in [-0.2, 0) is 6.42 Å². The van der Waals surface area contributed by atoms with Crippen LogP contribution in [0.2, 0.25) is 5.02 Å². The number of rotatable bonds is 6. The van der Waals surface area contributed by atoms with E-state index < -0.39 is 10.8 Å². The second-order valence-corrected chi connectivity index (χ2v) is 4.75. The van der Waals surface area contributed by atoms with Crippen molar-refractivity contribution in [1.82, 2.24) is 15.3 Å². The number of imidazole rings is 1. The Morgan fingerprint density at radius 1 is 1.48 bits per heavy atom. The van der Waals surface area contributed by atoms with Crippen LogP contribution in [0.3, 0.4) is 0 Å². The van der Waals surface area contributed by atoms with E-state index in [0.717, 1.165) is 5.82 Å². The summed E-state index contributed by atoms with van der Waals surface area (Å²) in [4.78, 5) is 29.3. The lowest BCUT2D eigenvalue weighted by atomic mass is 10.1. The highest BCUT2D eigenvalue weighted by Gasteiger charge is 2.20. The van der Waals surface area contributed by atoms with Crippen molar-refractivity contribution in [3.8, 4) is 0 Å². The van der Waals surface area contributed by atoms with Crippen LogP contribution in [-0.4, -0.2) is 27.3 Å². The van der Waals surface area contributed by atoms with Crippen LogP contribution in [0.25, 0.3) is 0 Å². The first-order valence-electron chi connectivity index (χ1n) is 6.28. The maximum Gasteiger partial charge on any atom is 0.283 e. The maximum absolute atomic E-state index is 12.0. The van der Waals surface area contributed by atoms with Crippen LogP contribution in [0.4, 0.5) is 5.69 Å². The third-order valence-corrected chi connectivity index (χ3v) is 3.07. The number of aryl methyl sites for hydroxylation is 1. The summed E-state index contributed by atoms with van der Waals surface area (Å²) in [5.41, 5.74) is -0.298. The molecular formula is C13H13ClN4O3. The van der Waals surface area contributed by atoms with Crippen molar-refractivity contribution >= 4 is 23.2 Å². The molecule has 0 bridgehead atoms. The lowest BCUT2D eigenvalue weighted by Crippen LogP contribution is -2.25. The number of nitro benzene ring substituents is 1. The quantitative estimate of drug-likeness (QED) is 0.486. The monoisotopic (exact) mass is 308 g/mol. The van der Waals surface area contributed by atoms with Crippen molar-refractivity contribution in [2.45, 2.75) is 12.8 Å². The van der Waals surface area contributed by atoms with Crippen molar-refractivity contribution in [1.29, 1.82) is 0 Å². The Morgan fingerprint density at radius 3 is 2.95 bits per heavy atom. The summed E-state index contributed by atoms with van der Waals surface area (Å²) in [6.07, 6.45) is 4.76. The predicted molar refractivity (Wildman–Crippen MR) is 77.3 cm³/mol. The van der Waals surface area contributed by atoms with Gasteiger partial charge in [-0.2, -0.15) is 0 Å². The number of hydrogen-bond acceptors (Lipinski definition) is 4. The van der Waals surface area contributed by atoms with Gasteiger partial charge in [-0.3, -0.25) is 14.9 Å². The molecule has 0 atom stereocenters. The molecule has 0 aliphatic carbocycles. The Kier molecular flexibility index (Phi) is 4.89. The van der Waals surface area contributed by atoms with Gasteiger partial charge in [0.25, 0.3) is 11.6 Å². The smallest absolute Gasteiger partial charge is 0.283 e. The Labute approximate surface area is 125 Å². The minimum absolute atomic E-state index is 0.00222. The third kappa shape index (κ3) is 4.03. The third-order valence-electron chi connectivity index (χ3n) is 2.83. The Hall–Kier alpha value is -2.41. The number of carbonyl (C=O) groups excluding carboxylic acids is 1. The van der Waals surface area contributed by atoms with Gasteiger partial charge in [0.15, 0.2) is 0 Å². The molecule has 2 rings (SSSR count). The van der Waals surface area contributed by atoms with Gasteiger partial charge in [0.1, 0.15) is 11.4 Å². The molecule has 1 heterocycles. The van der Waals surface area contributed by atoms with Gasteiger partial charge in [0.2, 0.25) is 0 Å². The lowest BCUT2D eigenvalue weighted by Gasteiger charge is -2.05. The van der Waals surface area contributed by atoms with E-state index in [1.165, 1.54) is 18.2 Å². The second-order valence-electron chi connectivity index (χ2n) is 4.31. The summed E-state index contributed by atoms with van der Waals surface area (Å²) in [7, 11) is 0. The number of amides is 1. The average molecular weight is 309 g/mol. The number of benzene rings is 1. The minimum Gasteiger partial charge on any atom is -0.352 e. The van der Waals surface area contributed by atoms with Crippen LogP contribution >= 0.6 is 11.6 Å². The zero-order valence-electron chi connectivity index (χ0n) is 11.0. The number of hydrogen-bond donors (Lipinski definition) is 2. The lowest BCUT2D eigenvalue weighted by molar-refractivity contribution is -0.385. The first-order valence-corrected chi connectivity index (χ1v) is 6.66.